The number of nitrogens with zero attached hydrogens (tertiary/aromatic N) is 2. The van der Waals surface area contributed by atoms with Gasteiger partial charge in [0.2, 0.25) is 0 Å². The van der Waals surface area contributed by atoms with E-state index in [1.165, 1.54) is 4.88 Å². The van der Waals surface area contributed by atoms with Crippen molar-refractivity contribution in [2.75, 3.05) is 27.3 Å². The summed E-state index contributed by atoms with van der Waals surface area (Å²) in [4.78, 5) is 16.6. The highest BCUT2D eigenvalue weighted by Crippen LogP contribution is 2.38. The number of hydrogen-bond donors (Lipinski definition) is 1. The van der Waals surface area contributed by atoms with Gasteiger partial charge >= 0.3 is 0 Å². The van der Waals surface area contributed by atoms with Crippen LogP contribution in [0.25, 0.3) is 21.2 Å². The monoisotopic (exact) mass is 427 g/mol. The van der Waals surface area contributed by atoms with E-state index in [1.807, 2.05) is 31.4 Å². The van der Waals surface area contributed by atoms with Crippen molar-refractivity contribution in [3.05, 3.63) is 45.7 Å². The van der Waals surface area contributed by atoms with Crippen LogP contribution in [0.3, 0.4) is 0 Å². The molecule has 1 aliphatic heterocycles. The molecular formula is C23H29N3O3S. The van der Waals surface area contributed by atoms with Gasteiger partial charge in [-0.25, -0.2) is 0 Å². The predicted molar refractivity (Wildman–Crippen MR) is 123 cm³/mol. The van der Waals surface area contributed by atoms with E-state index in [1.54, 1.807) is 30.1 Å². The summed E-state index contributed by atoms with van der Waals surface area (Å²) in [6.07, 6.45) is 1.92. The van der Waals surface area contributed by atoms with Gasteiger partial charge in [-0.2, -0.15) is 0 Å². The van der Waals surface area contributed by atoms with Crippen LogP contribution >= 0.6 is 11.3 Å². The molecule has 7 heteroatoms. The van der Waals surface area contributed by atoms with Gasteiger partial charge in [0.1, 0.15) is 0 Å². The van der Waals surface area contributed by atoms with Gasteiger partial charge in [-0.05, 0) is 37.6 Å². The number of rotatable bonds is 5. The van der Waals surface area contributed by atoms with E-state index in [-0.39, 0.29) is 5.56 Å². The minimum Gasteiger partial charge on any atom is -0.493 e. The Balaban J connectivity index is 1.80. The minimum absolute atomic E-state index is 0.0399. The number of methoxy groups -OCH3 is 2. The molecule has 0 radical (unpaired) electrons. The summed E-state index contributed by atoms with van der Waals surface area (Å²) in [6.45, 7) is 7.35. The molecule has 1 saturated heterocycles. The average Bonchev–Trinajstić information content (AvgIpc) is 3.17. The number of nitrogens with one attached hydrogen (secondary N) is 1. The highest BCUT2D eigenvalue weighted by atomic mass is 32.1. The summed E-state index contributed by atoms with van der Waals surface area (Å²) in [5.41, 5.74) is 2.08. The molecule has 0 amide bonds. The second-order valence-electron chi connectivity index (χ2n) is 8.01. The smallest absolute Gasteiger partial charge is 0.259 e. The molecule has 160 valence electrons. The number of ether oxygens (including phenoxy) is 2. The quantitative estimate of drug-likeness (QED) is 0.676. The van der Waals surface area contributed by atoms with Crippen LogP contribution in [-0.2, 0) is 13.6 Å². The van der Waals surface area contributed by atoms with Crippen molar-refractivity contribution in [2.24, 2.45) is 7.05 Å². The summed E-state index contributed by atoms with van der Waals surface area (Å²) < 4.78 is 13.6. The van der Waals surface area contributed by atoms with Gasteiger partial charge in [-0.15, -0.1) is 11.3 Å². The number of benzene rings is 1. The van der Waals surface area contributed by atoms with Gasteiger partial charge in [0.15, 0.2) is 11.5 Å². The Morgan fingerprint density at radius 1 is 1.10 bits per heavy atom. The Hall–Kier alpha value is -2.35. The second-order valence-corrected chi connectivity index (χ2v) is 9.15. The van der Waals surface area contributed by atoms with E-state index < -0.39 is 0 Å². The fourth-order valence-corrected chi connectivity index (χ4v) is 5.44. The van der Waals surface area contributed by atoms with Crippen molar-refractivity contribution in [3.8, 4) is 22.6 Å². The lowest BCUT2D eigenvalue weighted by atomic mass is 10.1. The van der Waals surface area contributed by atoms with Gasteiger partial charge < -0.3 is 19.4 Å². The summed E-state index contributed by atoms with van der Waals surface area (Å²) in [6, 6.07) is 8.90. The maximum absolute atomic E-state index is 12.9. The molecule has 2 unspecified atom stereocenters. The van der Waals surface area contributed by atoms with Crippen molar-refractivity contribution in [1.82, 2.24) is 14.8 Å². The zero-order valence-electron chi connectivity index (χ0n) is 18.2. The Morgan fingerprint density at radius 2 is 1.80 bits per heavy atom. The van der Waals surface area contributed by atoms with E-state index >= 15 is 0 Å². The number of fused-ring (bicyclic) bond motifs is 1. The molecule has 0 spiro atoms. The van der Waals surface area contributed by atoms with E-state index in [2.05, 4.69) is 30.1 Å². The number of aryl methyl sites for hydroxylation is 1. The third-order valence-electron chi connectivity index (χ3n) is 5.95. The van der Waals surface area contributed by atoms with E-state index in [0.29, 0.717) is 23.6 Å². The highest BCUT2D eigenvalue weighted by Gasteiger charge is 2.25. The van der Waals surface area contributed by atoms with Crippen LogP contribution in [-0.4, -0.2) is 48.9 Å². The topological polar surface area (TPSA) is 55.7 Å². The standard InChI is InChI=1S/C23H29N3O3S/c1-14-10-24-11-15(2)26(14)12-17-9-18-22(30-17)19(13-25(3)23(18)27)16-6-7-20(28-4)21(8-16)29-5/h6-9,13-15,24H,10-12H2,1-5H3. The molecule has 4 rings (SSSR count). The zero-order valence-corrected chi connectivity index (χ0v) is 19.0. The second kappa shape index (κ2) is 8.41. The molecule has 0 aliphatic carbocycles. The normalized spacial score (nSPS) is 19.9. The van der Waals surface area contributed by atoms with Gasteiger partial charge in [0.25, 0.3) is 5.56 Å². The molecular weight excluding hydrogens is 398 g/mol. The molecule has 3 heterocycles. The van der Waals surface area contributed by atoms with Gasteiger partial charge in [-0.1, -0.05) is 6.07 Å². The molecule has 1 aliphatic rings. The zero-order chi connectivity index (χ0) is 21.4. The van der Waals surface area contributed by atoms with Crippen molar-refractivity contribution in [2.45, 2.75) is 32.5 Å². The first-order chi connectivity index (χ1) is 14.4. The van der Waals surface area contributed by atoms with E-state index in [0.717, 1.165) is 40.8 Å². The maximum atomic E-state index is 12.9. The lowest BCUT2D eigenvalue weighted by Gasteiger charge is -2.39. The van der Waals surface area contributed by atoms with E-state index in [4.69, 9.17) is 9.47 Å². The highest BCUT2D eigenvalue weighted by molar-refractivity contribution is 7.19. The number of piperazine rings is 1. The Bertz CT molecular complexity index is 1110. The van der Waals surface area contributed by atoms with Gasteiger partial charge in [0, 0.05) is 60.1 Å². The van der Waals surface area contributed by atoms with Crippen LogP contribution in [0.15, 0.2) is 35.3 Å². The Morgan fingerprint density at radius 3 is 2.47 bits per heavy atom. The molecule has 1 N–H and O–H groups in total. The first kappa shape index (κ1) is 20.9. The first-order valence-electron chi connectivity index (χ1n) is 10.2. The van der Waals surface area contributed by atoms with Crippen LogP contribution in [0.4, 0.5) is 0 Å². The molecule has 1 fully saturated rings. The molecule has 2 aromatic heterocycles. The number of aromatic nitrogens is 1. The SMILES string of the molecule is COc1ccc(-c2cn(C)c(=O)c3cc(CN4C(C)CNCC4C)sc23)cc1OC. The van der Waals surface area contributed by atoms with Crippen molar-refractivity contribution >= 4 is 21.4 Å². The van der Waals surface area contributed by atoms with Crippen LogP contribution in [0, 0.1) is 0 Å². The number of pyridine rings is 1. The Labute approximate surface area is 181 Å². The first-order valence-corrected chi connectivity index (χ1v) is 11.1. The summed E-state index contributed by atoms with van der Waals surface area (Å²) in [7, 11) is 5.08. The predicted octanol–water partition coefficient (Wildman–Crippen LogP) is 3.47. The van der Waals surface area contributed by atoms with Gasteiger partial charge in [0.05, 0.1) is 19.6 Å². The average molecular weight is 428 g/mol. The van der Waals surface area contributed by atoms with E-state index in [9.17, 15) is 4.79 Å². The summed E-state index contributed by atoms with van der Waals surface area (Å²) >= 11 is 1.72. The minimum atomic E-state index is 0.0399. The van der Waals surface area contributed by atoms with Crippen LogP contribution < -0.4 is 20.3 Å². The number of thiophene rings is 1. The lowest BCUT2D eigenvalue weighted by Crippen LogP contribution is -2.54. The van der Waals surface area contributed by atoms with Crippen molar-refractivity contribution < 1.29 is 9.47 Å². The fourth-order valence-electron chi connectivity index (χ4n) is 4.25. The molecule has 1 aromatic carbocycles. The summed E-state index contributed by atoms with van der Waals surface area (Å²) in [5.74, 6) is 1.37. The van der Waals surface area contributed by atoms with Crippen molar-refractivity contribution in [3.63, 3.8) is 0 Å². The molecule has 3 aromatic rings. The molecule has 30 heavy (non-hydrogen) atoms. The lowest BCUT2D eigenvalue weighted by molar-refractivity contribution is 0.110. The summed E-state index contributed by atoms with van der Waals surface area (Å²) in [5, 5.41) is 4.26. The largest absolute Gasteiger partial charge is 0.493 e. The number of hydrogen-bond acceptors (Lipinski definition) is 6. The fraction of sp³-hybridized carbons (Fsp3) is 0.435. The third-order valence-corrected chi connectivity index (χ3v) is 7.10. The van der Waals surface area contributed by atoms with Crippen LogP contribution in [0.2, 0.25) is 0 Å². The van der Waals surface area contributed by atoms with Crippen LogP contribution in [0.1, 0.15) is 18.7 Å². The maximum Gasteiger partial charge on any atom is 0.259 e. The third kappa shape index (κ3) is 3.73. The molecule has 2 atom stereocenters. The van der Waals surface area contributed by atoms with Crippen molar-refractivity contribution in [1.29, 1.82) is 0 Å². The van der Waals surface area contributed by atoms with Gasteiger partial charge in [-0.3, -0.25) is 9.69 Å². The van der Waals surface area contributed by atoms with Crippen LogP contribution in [0.5, 0.6) is 11.5 Å². The molecule has 0 bridgehead atoms. The molecule has 0 saturated carbocycles. The Kier molecular flexibility index (Phi) is 5.86. The molecule has 6 nitrogen and oxygen atoms in total.